The Balaban J connectivity index is 1.53. The molecule has 0 radical (unpaired) electrons. The summed E-state index contributed by atoms with van der Waals surface area (Å²) in [6, 6.07) is 12.1. The number of carbonyl (C=O) groups is 1. The van der Waals surface area contributed by atoms with Gasteiger partial charge in [0.2, 0.25) is 5.76 Å². The number of hydrogen-bond donors (Lipinski definition) is 0. The maximum absolute atomic E-state index is 12.7. The Morgan fingerprint density at radius 3 is 2.80 bits per heavy atom. The van der Waals surface area contributed by atoms with Crippen molar-refractivity contribution in [3.05, 3.63) is 48.4 Å². The standard InChI is InChI=1S/C19H23N3O3/c23-18(17-7-9-20-25-17)22-10-4-8-19(14-22)13-21(11-12-24-15-19)16-5-2-1-3-6-16/h1-3,5-7,9H,4,8,10-15H2. The van der Waals surface area contributed by atoms with Crippen molar-refractivity contribution in [1.82, 2.24) is 10.1 Å². The molecule has 2 fully saturated rings. The summed E-state index contributed by atoms with van der Waals surface area (Å²) in [5.74, 6) is 0.235. The zero-order valence-electron chi connectivity index (χ0n) is 14.3. The monoisotopic (exact) mass is 341 g/mol. The highest BCUT2D eigenvalue weighted by molar-refractivity contribution is 5.91. The molecule has 0 bridgehead atoms. The van der Waals surface area contributed by atoms with Gasteiger partial charge in [-0.15, -0.1) is 0 Å². The molecule has 0 aliphatic carbocycles. The van der Waals surface area contributed by atoms with Crippen LogP contribution in [-0.2, 0) is 4.74 Å². The summed E-state index contributed by atoms with van der Waals surface area (Å²) >= 11 is 0. The number of hydrogen-bond acceptors (Lipinski definition) is 5. The first-order valence-electron chi connectivity index (χ1n) is 8.84. The van der Waals surface area contributed by atoms with Gasteiger partial charge in [-0.1, -0.05) is 23.4 Å². The molecule has 25 heavy (non-hydrogen) atoms. The number of nitrogens with zero attached hydrogens (tertiary/aromatic N) is 3. The molecular formula is C19H23N3O3. The van der Waals surface area contributed by atoms with Gasteiger partial charge in [0.1, 0.15) is 0 Å². The van der Waals surface area contributed by atoms with Crippen molar-refractivity contribution in [3.8, 4) is 0 Å². The maximum atomic E-state index is 12.7. The average Bonchev–Trinajstić information content (AvgIpc) is 3.12. The Bertz CT molecular complexity index is 704. The smallest absolute Gasteiger partial charge is 0.292 e. The molecule has 4 rings (SSSR count). The first-order valence-corrected chi connectivity index (χ1v) is 8.84. The minimum Gasteiger partial charge on any atom is -0.379 e. The van der Waals surface area contributed by atoms with Crippen molar-refractivity contribution in [3.63, 3.8) is 0 Å². The number of anilines is 1. The summed E-state index contributed by atoms with van der Waals surface area (Å²) in [4.78, 5) is 16.9. The first kappa shape index (κ1) is 16.1. The second kappa shape index (κ2) is 6.88. The van der Waals surface area contributed by atoms with Crippen LogP contribution in [0, 0.1) is 5.41 Å². The van der Waals surface area contributed by atoms with Crippen LogP contribution in [0.5, 0.6) is 0 Å². The number of ether oxygens (including phenoxy) is 1. The summed E-state index contributed by atoms with van der Waals surface area (Å²) in [5, 5.41) is 3.65. The summed E-state index contributed by atoms with van der Waals surface area (Å²) in [6.07, 6.45) is 3.56. The third-order valence-electron chi connectivity index (χ3n) is 5.16. The van der Waals surface area contributed by atoms with Crippen molar-refractivity contribution in [2.24, 2.45) is 5.41 Å². The normalized spacial score (nSPS) is 24.3. The number of amides is 1. The van der Waals surface area contributed by atoms with Crippen molar-refractivity contribution in [2.45, 2.75) is 12.8 Å². The van der Waals surface area contributed by atoms with Gasteiger partial charge in [0, 0.05) is 43.3 Å². The number of para-hydroxylation sites is 1. The average molecular weight is 341 g/mol. The van der Waals surface area contributed by atoms with Gasteiger partial charge in [-0.05, 0) is 25.0 Å². The fourth-order valence-corrected chi connectivity index (χ4v) is 3.96. The van der Waals surface area contributed by atoms with Crippen molar-refractivity contribution < 1.29 is 14.1 Å². The molecule has 3 heterocycles. The van der Waals surface area contributed by atoms with Crippen molar-refractivity contribution >= 4 is 11.6 Å². The molecule has 132 valence electrons. The van der Waals surface area contributed by atoms with Crippen LogP contribution < -0.4 is 4.90 Å². The summed E-state index contributed by atoms with van der Waals surface area (Å²) in [6.45, 7) is 4.63. The van der Waals surface area contributed by atoms with Gasteiger partial charge in [-0.3, -0.25) is 4.79 Å². The Hall–Kier alpha value is -2.34. The Morgan fingerprint density at radius 2 is 2.00 bits per heavy atom. The van der Waals surface area contributed by atoms with Crippen molar-refractivity contribution in [2.75, 3.05) is 44.3 Å². The molecule has 0 N–H and O–H groups in total. The van der Waals surface area contributed by atoms with E-state index in [1.165, 1.54) is 11.9 Å². The maximum Gasteiger partial charge on any atom is 0.292 e. The third-order valence-corrected chi connectivity index (χ3v) is 5.16. The molecule has 2 aliphatic heterocycles. The van der Waals surface area contributed by atoms with Crippen LogP contribution >= 0.6 is 0 Å². The van der Waals surface area contributed by atoms with E-state index < -0.39 is 0 Å². The van der Waals surface area contributed by atoms with E-state index in [0.29, 0.717) is 25.5 Å². The quantitative estimate of drug-likeness (QED) is 0.840. The molecule has 1 aromatic heterocycles. The van der Waals surface area contributed by atoms with Gasteiger partial charge in [-0.2, -0.15) is 0 Å². The van der Waals surface area contributed by atoms with Crippen LogP contribution in [0.1, 0.15) is 23.4 Å². The van der Waals surface area contributed by atoms with E-state index in [1.54, 1.807) is 6.07 Å². The van der Waals surface area contributed by atoms with E-state index >= 15 is 0 Å². The van der Waals surface area contributed by atoms with Gasteiger partial charge >= 0.3 is 0 Å². The van der Waals surface area contributed by atoms with Crippen LogP contribution in [0.4, 0.5) is 5.69 Å². The van der Waals surface area contributed by atoms with Crippen LogP contribution in [0.25, 0.3) is 0 Å². The highest BCUT2D eigenvalue weighted by Crippen LogP contribution is 2.35. The van der Waals surface area contributed by atoms with E-state index in [1.807, 2.05) is 11.0 Å². The molecule has 1 atom stereocenters. The molecule has 6 nitrogen and oxygen atoms in total. The number of carbonyl (C=O) groups excluding carboxylic acids is 1. The highest BCUT2D eigenvalue weighted by Gasteiger charge is 2.41. The molecule has 2 saturated heterocycles. The molecular weight excluding hydrogens is 318 g/mol. The summed E-state index contributed by atoms with van der Waals surface area (Å²) < 4.78 is 11.0. The van der Waals surface area contributed by atoms with Crippen LogP contribution in [0.15, 0.2) is 47.1 Å². The molecule has 1 unspecified atom stereocenters. The van der Waals surface area contributed by atoms with Crippen LogP contribution in [0.3, 0.4) is 0 Å². The molecule has 0 saturated carbocycles. The summed E-state index contributed by atoms with van der Waals surface area (Å²) in [7, 11) is 0. The van der Waals surface area contributed by atoms with Gasteiger partial charge < -0.3 is 19.1 Å². The van der Waals surface area contributed by atoms with Gasteiger partial charge in [0.15, 0.2) is 0 Å². The lowest BCUT2D eigenvalue weighted by Crippen LogP contribution is -2.52. The van der Waals surface area contributed by atoms with Gasteiger partial charge in [0.25, 0.3) is 5.91 Å². The highest BCUT2D eigenvalue weighted by atomic mass is 16.5. The molecule has 2 aromatic rings. The number of benzene rings is 1. The lowest BCUT2D eigenvalue weighted by atomic mass is 9.80. The lowest BCUT2D eigenvalue weighted by molar-refractivity contribution is 0.0119. The zero-order valence-corrected chi connectivity index (χ0v) is 14.3. The predicted octanol–water partition coefficient (Wildman–Crippen LogP) is 2.43. The molecule has 1 amide bonds. The minimum atomic E-state index is -0.0768. The number of aromatic nitrogens is 1. The van der Waals surface area contributed by atoms with Gasteiger partial charge in [-0.25, -0.2) is 0 Å². The third kappa shape index (κ3) is 3.39. The second-order valence-corrected chi connectivity index (χ2v) is 7.02. The molecule has 1 aromatic carbocycles. The van der Waals surface area contributed by atoms with E-state index in [0.717, 1.165) is 32.5 Å². The largest absolute Gasteiger partial charge is 0.379 e. The van der Waals surface area contributed by atoms with E-state index in [-0.39, 0.29) is 11.3 Å². The van der Waals surface area contributed by atoms with E-state index in [4.69, 9.17) is 9.26 Å². The molecule has 2 aliphatic rings. The van der Waals surface area contributed by atoms with E-state index in [9.17, 15) is 4.79 Å². The van der Waals surface area contributed by atoms with Crippen LogP contribution in [-0.4, -0.2) is 55.4 Å². The predicted molar refractivity (Wildman–Crippen MR) is 93.5 cm³/mol. The summed E-state index contributed by atoms with van der Waals surface area (Å²) in [5.41, 5.74) is 1.17. The number of likely N-dealkylation sites (tertiary alicyclic amines) is 1. The Morgan fingerprint density at radius 1 is 1.12 bits per heavy atom. The Labute approximate surface area is 147 Å². The second-order valence-electron chi connectivity index (χ2n) is 7.02. The van der Waals surface area contributed by atoms with Gasteiger partial charge in [0.05, 0.1) is 19.4 Å². The lowest BCUT2D eigenvalue weighted by Gasteiger charge is -2.43. The Kier molecular flexibility index (Phi) is 4.44. The topological polar surface area (TPSA) is 58.8 Å². The van der Waals surface area contributed by atoms with E-state index in [2.05, 4.69) is 34.3 Å². The van der Waals surface area contributed by atoms with Crippen LogP contribution in [0.2, 0.25) is 0 Å². The number of piperidine rings is 1. The molecule has 1 spiro atoms. The fraction of sp³-hybridized carbons (Fsp3) is 0.474. The zero-order chi connectivity index (χ0) is 17.1. The van der Waals surface area contributed by atoms with Crippen molar-refractivity contribution in [1.29, 1.82) is 0 Å². The fourth-order valence-electron chi connectivity index (χ4n) is 3.96. The number of rotatable bonds is 2. The molecule has 6 heteroatoms. The first-order chi connectivity index (χ1) is 12.3. The minimum absolute atomic E-state index is 0.0414. The SMILES string of the molecule is O=C(c1ccno1)N1CCCC2(COCCN(c3ccccc3)C2)C1.